The quantitative estimate of drug-likeness (QED) is 0.686. The molecular weight excluding hydrogens is 368 g/mol. The van der Waals surface area contributed by atoms with Crippen molar-refractivity contribution in [3.8, 4) is 0 Å². The van der Waals surface area contributed by atoms with Gasteiger partial charge in [0.05, 0.1) is 17.2 Å². The summed E-state index contributed by atoms with van der Waals surface area (Å²) in [5.74, 6) is 1.30. The molecule has 3 heterocycles. The molecule has 8 heteroatoms. The molecule has 0 spiro atoms. The lowest BCUT2D eigenvalue weighted by atomic mass is 10.1. The standard InChI is InChI=1S/C18H28N4O2S2/c1-26(23,24)15-6-4-13(5-7-15)22-9-8-16-18(22)21-17(12-19-16)20-11-14-3-2-10-25-14/h4-7,14,16-21H,2-3,8-12H2,1H3. The van der Waals surface area contributed by atoms with Crippen molar-refractivity contribution >= 4 is 27.3 Å². The lowest BCUT2D eigenvalue weighted by molar-refractivity contribution is 0.262. The normalized spacial score (nSPS) is 32.0. The van der Waals surface area contributed by atoms with E-state index in [1.807, 2.05) is 12.1 Å². The molecular formula is C18H28N4O2S2. The van der Waals surface area contributed by atoms with E-state index in [4.69, 9.17) is 0 Å². The Hall–Kier alpha value is -0.800. The van der Waals surface area contributed by atoms with Crippen molar-refractivity contribution < 1.29 is 8.42 Å². The zero-order valence-corrected chi connectivity index (χ0v) is 16.8. The maximum absolute atomic E-state index is 11.7. The van der Waals surface area contributed by atoms with Gasteiger partial charge in [-0.15, -0.1) is 0 Å². The van der Waals surface area contributed by atoms with Crippen LogP contribution in [0.4, 0.5) is 5.69 Å². The van der Waals surface area contributed by atoms with Crippen molar-refractivity contribution in [2.24, 2.45) is 0 Å². The summed E-state index contributed by atoms with van der Waals surface area (Å²) >= 11 is 2.08. The first-order valence-electron chi connectivity index (χ1n) is 9.42. The van der Waals surface area contributed by atoms with Crippen LogP contribution in [0.2, 0.25) is 0 Å². The average molecular weight is 397 g/mol. The van der Waals surface area contributed by atoms with E-state index in [0.717, 1.165) is 37.0 Å². The molecule has 3 N–H and O–H groups in total. The molecule has 3 fully saturated rings. The minimum atomic E-state index is -3.15. The molecule has 4 rings (SSSR count). The summed E-state index contributed by atoms with van der Waals surface area (Å²) in [6.07, 6.45) is 5.52. The van der Waals surface area contributed by atoms with Gasteiger partial charge in [0.2, 0.25) is 0 Å². The SMILES string of the molecule is CS(=O)(=O)c1ccc(N2CCC3NCC(NCC4CCCS4)NC32)cc1. The third-order valence-electron chi connectivity index (χ3n) is 5.57. The Labute approximate surface area is 160 Å². The van der Waals surface area contributed by atoms with Crippen LogP contribution in [0.5, 0.6) is 0 Å². The fraction of sp³-hybridized carbons (Fsp3) is 0.667. The molecule has 0 aliphatic carbocycles. The predicted octanol–water partition coefficient (Wildman–Crippen LogP) is 0.999. The van der Waals surface area contributed by atoms with E-state index in [1.165, 1.54) is 24.9 Å². The lowest BCUT2D eigenvalue weighted by Gasteiger charge is -2.39. The van der Waals surface area contributed by atoms with Crippen LogP contribution in [0, 0.1) is 0 Å². The summed E-state index contributed by atoms with van der Waals surface area (Å²) in [4.78, 5) is 2.72. The van der Waals surface area contributed by atoms with Gasteiger partial charge in [-0.1, -0.05) is 0 Å². The van der Waals surface area contributed by atoms with Crippen molar-refractivity contribution in [1.29, 1.82) is 0 Å². The van der Waals surface area contributed by atoms with Gasteiger partial charge in [0.1, 0.15) is 0 Å². The van der Waals surface area contributed by atoms with E-state index in [0.29, 0.717) is 10.9 Å². The van der Waals surface area contributed by atoms with Gasteiger partial charge >= 0.3 is 0 Å². The van der Waals surface area contributed by atoms with Crippen LogP contribution in [-0.2, 0) is 9.84 Å². The van der Waals surface area contributed by atoms with Gasteiger partial charge in [-0.05, 0) is 49.3 Å². The second-order valence-electron chi connectivity index (χ2n) is 7.47. The highest BCUT2D eigenvalue weighted by atomic mass is 32.2. The van der Waals surface area contributed by atoms with Crippen LogP contribution >= 0.6 is 11.8 Å². The zero-order valence-electron chi connectivity index (χ0n) is 15.1. The van der Waals surface area contributed by atoms with E-state index < -0.39 is 9.84 Å². The maximum atomic E-state index is 11.7. The van der Waals surface area contributed by atoms with Crippen LogP contribution in [0.3, 0.4) is 0 Å². The van der Waals surface area contributed by atoms with Crippen LogP contribution in [-0.4, -0.2) is 63.7 Å². The van der Waals surface area contributed by atoms with Gasteiger partial charge in [-0.2, -0.15) is 11.8 Å². The zero-order chi connectivity index (χ0) is 18.1. The second-order valence-corrected chi connectivity index (χ2v) is 10.9. The molecule has 0 aromatic heterocycles. The molecule has 0 radical (unpaired) electrons. The molecule has 6 nitrogen and oxygen atoms in total. The monoisotopic (exact) mass is 396 g/mol. The summed E-state index contributed by atoms with van der Waals surface area (Å²) in [6.45, 7) is 2.97. The highest BCUT2D eigenvalue weighted by Crippen LogP contribution is 2.28. The van der Waals surface area contributed by atoms with Crippen molar-refractivity contribution in [3.05, 3.63) is 24.3 Å². The van der Waals surface area contributed by atoms with Gasteiger partial charge < -0.3 is 10.2 Å². The van der Waals surface area contributed by atoms with Gasteiger partial charge in [-0.25, -0.2) is 8.42 Å². The number of thioether (sulfide) groups is 1. The third-order valence-corrected chi connectivity index (χ3v) is 8.09. The van der Waals surface area contributed by atoms with Crippen molar-refractivity contribution in [3.63, 3.8) is 0 Å². The summed E-state index contributed by atoms with van der Waals surface area (Å²) in [6, 6.07) is 7.70. The van der Waals surface area contributed by atoms with Crippen molar-refractivity contribution in [1.82, 2.24) is 16.0 Å². The van der Waals surface area contributed by atoms with Crippen molar-refractivity contribution in [2.45, 2.75) is 47.8 Å². The van der Waals surface area contributed by atoms with Crippen LogP contribution in [0.25, 0.3) is 0 Å². The third kappa shape index (κ3) is 4.04. The Kier molecular flexibility index (Phi) is 5.48. The fourth-order valence-corrected chi connectivity index (χ4v) is 5.98. The Morgan fingerprint density at radius 2 is 2.08 bits per heavy atom. The lowest BCUT2D eigenvalue weighted by Crippen LogP contribution is -2.67. The van der Waals surface area contributed by atoms with Gasteiger partial charge in [0.25, 0.3) is 0 Å². The Morgan fingerprint density at radius 1 is 1.27 bits per heavy atom. The highest BCUT2D eigenvalue weighted by Gasteiger charge is 2.38. The molecule has 0 amide bonds. The average Bonchev–Trinajstić information content (AvgIpc) is 3.28. The Bertz CT molecular complexity index is 719. The summed E-state index contributed by atoms with van der Waals surface area (Å²) < 4.78 is 23.3. The number of hydrogen-bond acceptors (Lipinski definition) is 7. The molecule has 0 bridgehead atoms. The number of fused-ring (bicyclic) bond motifs is 1. The smallest absolute Gasteiger partial charge is 0.175 e. The van der Waals surface area contributed by atoms with Crippen molar-refractivity contribution in [2.75, 3.05) is 36.5 Å². The summed E-state index contributed by atoms with van der Waals surface area (Å²) in [7, 11) is -3.15. The molecule has 4 atom stereocenters. The number of anilines is 1. The molecule has 1 aromatic carbocycles. The molecule has 3 aliphatic heterocycles. The van der Waals surface area contributed by atoms with Gasteiger partial charge in [0.15, 0.2) is 9.84 Å². The van der Waals surface area contributed by atoms with E-state index in [-0.39, 0.29) is 12.3 Å². The number of sulfone groups is 1. The van der Waals surface area contributed by atoms with Gasteiger partial charge in [-0.3, -0.25) is 10.6 Å². The topological polar surface area (TPSA) is 73.5 Å². The van der Waals surface area contributed by atoms with Gasteiger partial charge in [0, 0.05) is 42.9 Å². The first-order valence-corrected chi connectivity index (χ1v) is 12.4. The van der Waals surface area contributed by atoms with E-state index in [2.05, 4.69) is 32.6 Å². The molecule has 4 unspecified atom stereocenters. The molecule has 0 saturated carbocycles. The number of rotatable bonds is 5. The number of nitrogens with one attached hydrogen (secondary N) is 3. The maximum Gasteiger partial charge on any atom is 0.175 e. The summed E-state index contributed by atoms with van der Waals surface area (Å²) in [5.41, 5.74) is 1.08. The van der Waals surface area contributed by atoms with Crippen LogP contribution < -0.4 is 20.9 Å². The number of benzene rings is 1. The number of nitrogens with zero attached hydrogens (tertiary/aromatic N) is 1. The predicted molar refractivity (Wildman–Crippen MR) is 107 cm³/mol. The van der Waals surface area contributed by atoms with E-state index in [1.54, 1.807) is 12.1 Å². The van der Waals surface area contributed by atoms with Crippen LogP contribution in [0.1, 0.15) is 19.3 Å². The number of hydrogen-bond donors (Lipinski definition) is 3. The molecule has 26 heavy (non-hydrogen) atoms. The Morgan fingerprint density at radius 3 is 2.77 bits per heavy atom. The highest BCUT2D eigenvalue weighted by molar-refractivity contribution is 8.00. The minimum absolute atomic E-state index is 0.238. The first kappa shape index (κ1) is 18.6. The largest absolute Gasteiger partial charge is 0.354 e. The summed E-state index contributed by atoms with van der Waals surface area (Å²) in [5, 5.41) is 11.9. The van der Waals surface area contributed by atoms with E-state index >= 15 is 0 Å². The first-order chi connectivity index (χ1) is 12.5. The Balaban J connectivity index is 1.40. The molecule has 3 saturated heterocycles. The molecule has 3 aliphatic rings. The van der Waals surface area contributed by atoms with Crippen LogP contribution in [0.15, 0.2) is 29.2 Å². The fourth-order valence-electron chi connectivity index (χ4n) is 4.13. The molecule has 144 valence electrons. The molecule has 1 aromatic rings. The van der Waals surface area contributed by atoms with E-state index in [9.17, 15) is 8.42 Å². The second kappa shape index (κ2) is 7.67. The number of piperazine rings is 1. The minimum Gasteiger partial charge on any atom is -0.354 e.